The molecule has 0 bridgehead atoms. The van der Waals surface area contributed by atoms with Crippen LogP contribution in [0.25, 0.3) is 11.3 Å². The molecule has 5 heteroatoms. The van der Waals surface area contributed by atoms with Gasteiger partial charge in [-0.15, -0.1) is 0 Å². The van der Waals surface area contributed by atoms with Crippen molar-refractivity contribution in [2.24, 2.45) is 0 Å². The van der Waals surface area contributed by atoms with E-state index in [1.165, 1.54) is 6.26 Å². The van der Waals surface area contributed by atoms with Gasteiger partial charge in [-0.05, 0) is 0 Å². The summed E-state index contributed by atoms with van der Waals surface area (Å²) in [4.78, 5) is 4.08. The van der Waals surface area contributed by atoms with E-state index in [0.717, 1.165) is 5.56 Å². The maximum absolute atomic E-state index is 10.9. The summed E-state index contributed by atoms with van der Waals surface area (Å²) < 4.78 is 26.9. The van der Waals surface area contributed by atoms with Crippen molar-refractivity contribution in [3.8, 4) is 11.3 Å². The predicted octanol–water partition coefficient (Wildman–Crippen LogP) is 2.05. The van der Waals surface area contributed by atoms with Crippen molar-refractivity contribution in [2.75, 3.05) is 0 Å². The van der Waals surface area contributed by atoms with Gasteiger partial charge in [-0.25, -0.2) is 13.4 Å². The first-order chi connectivity index (χ1) is 7.54. The molecule has 0 spiro atoms. The first-order valence-corrected chi connectivity index (χ1v) is 6.42. The van der Waals surface area contributed by atoms with Crippen LogP contribution >= 0.6 is 0 Å². The average molecular weight is 236 g/mol. The number of sulfone groups is 1. The fourth-order valence-electron chi connectivity index (χ4n) is 1.31. The van der Waals surface area contributed by atoms with Crippen LogP contribution in [0.4, 0.5) is 0 Å². The third kappa shape index (κ3) is 2.70. The number of aromatic nitrogens is 1. The van der Waals surface area contributed by atoms with Gasteiger partial charge in [0.1, 0.15) is 17.7 Å². The quantitative estimate of drug-likeness (QED) is 0.818. The van der Waals surface area contributed by atoms with Crippen LogP contribution in [0.5, 0.6) is 0 Å². The number of nitrogens with zero attached hydrogens (tertiary/aromatic N) is 1. The van der Waals surface area contributed by atoms with Crippen LogP contribution in [0.2, 0.25) is 0 Å². The Kier molecular flexibility index (Phi) is 2.78. The van der Waals surface area contributed by atoms with Crippen molar-refractivity contribution >= 4 is 9.84 Å². The van der Waals surface area contributed by atoms with E-state index >= 15 is 0 Å². The lowest BCUT2D eigenvalue weighted by Gasteiger charge is -1.93. The van der Waals surface area contributed by atoms with E-state index in [1.54, 1.807) is 0 Å². The largest absolute Gasteiger partial charge is 0.447 e. The standard InChI is InChI=1S/C11H10NO3S/c1-16(13,14)8-11-12-10(7-15-11)9-5-3-2-4-6-9/h2-7H,1,8H2. The Morgan fingerprint density at radius 1 is 1.25 bits per heavy atom. The summed E-state index contributed by atoms with van der Waals surface area (Å²) in [6, 6.07) is 9.40. The van der Waals surface area contributed by atoms with Gasteiger partial charge in [0.15, 0.2) is 9.84 Å². The molecular formula is C11H10NO3S. The highest BCUT2D eigenvalue weighted by Gasteiger charge is 2.11. The zero-order valence-corrected chi connectivity index (χ0v) is 9.28. The Morgan fingerprint density at radius 3 is 2.56 bits per heavy atom. The molecule has 1 radical (unpaired) electrons. The molecule has 0 saturated carbocycles. The normalized spacial score (nSPS) is 11.6. The summed E-state index contributed by atoms with van der Waals surface area (Å²) >= 11 is 0. The van der Waals surface area contributed by atoms with Crippen LogP contribution in [0.15, 0.2) is 41.0 Å². The van der Waals surface area contributed by atoms with E-state index in [1.807, 2.05) is 30.3 Å². The van der Waals surface area contributed by atoms with Gasteiger partial charge in [-0.2, -0.15) is 0 Å². The highest BCUT2D eigenvalue weighted by atomic mass is 32.2. The van der Waals surface area contributed by atoms with Gasteiger partial charge in [-0.3, -0.25) is 0 Å². The summed E-state index contributed by atoms with van der Waals surface area (Å²) in [5.74, 6) is -0.117. The van der Waals surface area contributed by atoms with E-state index in [0.29, 0.717) is 5.69 Å². The molecule has 0 amide bonds. The highest BCUT2D eigenvalue weighted by molar-refractivity contribution is 7.91. The Hall–Kier alpha value is -1.62. The molecule has 83 valence electrons. The van der Waals surface area contributed by atoms with E-state index in [4.69, 9.17) is 4.42 Å². The molecule has 4 nitrogen and oxygen atoms in total. The number of oxazole rings is 1. The minimum atomic E-state index is -3.35. The minimum absolute atomic E-state index is 0.161. The third-order valence-corrected chi connectivity index (χ3v) is 2.65. The lowest BCUT2D eigenvalue weighted by atomic mass is 10.2. The molecule has 0 atom stereocenters. The molecule has 0 N–H and O–H groups in total. The van der Waals surface area contributed by atoms with Gasteiger partial charge < -0.3 is 4.42 Å². The van der Waals surface area contributed by atoms with Crippen molar-refractivity contribution in [2.45, 2.75) is 5.75 Å². The monoisotopic (exact) mass is 236 g/mol. The Balaban J connectivity index is 2.27. The number of rotatable bonds is 3. The van der Waals surface area contributed by atoms with Crippen LogP contribution in [0, 0.1) is 6.26 Å². The van der Waals surface area contributed by atoms with Crippen molar-refractivity contribution in [1.82, 2.24) is 4.98 Å². The summed E-state index contributed by atoms with van der Waals surface area (Å²) in [6.45, 7) is 0. The Labute approximate surface area is 93.9 Å². The summed E-state index contributed by atoms with van der Waals surface area (Å²) in [5, 5.41) is 0. The minimum Gasteiger partial charge on any atom is -0.447 e. The fourth-order valence-corrected chi connectivity index (χ4v) is 1.82. The zero-order chi connectivity index (χ0) is 11.6. The molecule has 1 heterocycles. The Morgan fingerprint density at radius 2 is 1.94 bits per heavy atom. The molecule has 16 heavy (non-hydrogen) atoms. The smallest absolute Gasteiger partial charge is 0.209 e. The van der Waals surface area contributed by atoms with Crippen LogP contribution in [0.3, 0.4) is 0 Å². The number of hydrogen-bond acceptors (Lipinski definition) is 4. The zero-order valence-electron chi connectivity index (χ0n) is 8.46. The van der Waals surface area contributed by atoms with Gasteiger partial charge in [0, 0.05) is 5.56 Å². The molecule has 0 unspecified atom stereocenters. The maximum Gasteiger partial charge on any atom is 0.209 e. The average Bonchev–Trinajstić information content (AvgIpc) is 2.65. The van der Waals surface area contributed by atoms with Crippen LogP contribution in [-0.2, 0) is 15.6 Å². The maximum atomic E-state index is 10.9. The molecule has 0 aliphatic rings. The van der Waals surface area contributed by atoms with Gasteiger partial charge in [0.2, 0.25) is 5.89 Å². The highest BCUT2D eigenvalue weighted by Crippen LogP contribution is 2.18. The van der Waals surface area contributed by atoms with Crippen LogP contribution in [-0.4, -0.2) is 13.4 Å². The van der Waals surface area contributed by atoms with Gasteiger partial charge in [0.05, 0.1) is 6.26 Å². The third-order valence-electron chi connectivity index (χ3n) is 1.96. The fraction of sp³-hybridized carbons (Fsp3) is 0.0909. The molecule has 2 rings (SSSR count). The molecule has 0 fully saturated rings. The summed E-state index contributed by atoms with van der Waals surface area (Å²) in [7, 11) is -3.35. The van der Waals surface area contributed by atoms with Crippen molar-refractivity contribution in [1.29, 1.82) is 0 Å². The first-order valence-electron chi connectivity index (χ1n) is 4.60. The van der Waals surface area contributed by atoms with Crippen molar-refractivity contribution < 1.29 is 12.8 Å². The summed E-state index contributed by atoms with van der Waals surface area (Å²) in [5.41, 5.74) is 1.51. The van der Waals surface area contributed by atoms with Gasteiger partial charge in [-0.1, -0.05) is 30.3 Å². The Bertz CT molecular complexity index is 572. The lowest BCUT2D eigenvalue weighted by Crippen LogP contribution is -1.98. The van der Waals surface area contributed by atoms with Crippen LogP contribution in [0.1, 0.15) is 5.89 Å². The van der Waals surface area contributed by atoms with Crippen LogP contribution < -0.4 is 0 Å². The lowest BCUT2D eigenvalue weighted by molar-refractivity contribution is 0.509. The predicted molar refractivity (Wildman–Crippen MR) is 59.9 cm³/mol. The molecule has 0 saturated heterocycles. The number of hydrogen-bond donors (Lipinski definition) is 0. The second-order valence-corrected chi connectivity index (χ2v) is 5.16. The van der Waals surface area contributed by atoms with Crippen molar-refractivity contribution in [3.05, 3.63) is 48.7 Å². The molecule has 1 aromatic heterocycles. The van der Waals surface area contributed by atoms with Crippen molar-refractivity contribution in [3.63, 3.8) is 0 Å². The second-order valence-electron chi connectivity index (χ2n) is 3.38. The first kappa shape index (κ1) is 10.9. The summed E-state index contributed by atoms with van der Waals surface area (Å²) in [6.07, 6.45) is 4.46. The molecule has 2 aromatic rings. The van der Waals surface area contributed by atoms with E-state index in [2.05, 4.69) is 11.2 Å². The molecule has 0 aliphatic heterocycles. The van der Waals surface area contributed by atoms with E-state index < -0.39 is 9.84 Å². The van der Waals surface area contributed by atoms with E-state index in [-0.39, 0.29) is 11.6 Å². The second kappa shape index (κ2) is 4.09. The molecule has 1 aromatic carbocycles. The molecular weight excluding hydrogens is 226 g/mol. The number of benzene rings is 1. The van der Waals surface area contributed by atoms with Gasteiger partial charge >= 0.3 is 0 Å². The van der Waals surface area contributed by atoms with Gasteiger partial charge in [0.25, 0.3) is 0 Å². The topological polar surface area (TPSA) is 60.2 Å². The SMILES string of the molecule is [CH2]S(=O)(=O)Cc1nc(-c2ccccc2)co1. The van der Waals surface area contributed by atoms with E-state index in [9.17, 15) is 8.42 Å². The molecule has 0 aliphatic carbocycles.